The highest BCUT2D eigenvalue weighted by atomic mass is 127. The molecule has 1 saturated heterocycles. The van der Waals surface area contributed by atoms with E-state index in [1.54, 1.807) is 11.3 Å². The van der Waals surface area contributed by atoms with Gasteiger partial charge in [-0.15, -0.1) is 35.3 Å². The molecule has 6 nitrogen and oxygen atoms in total. The number of thiazole rings is 1. The van der Waals surface area contributed by atoms with E-state index in [-0.39, 0.29) is 29.9 Å². The molecule has 0 aliphatic carbocycles. The molecule has 1 aromatic heterocycles. The Bertz CT molecular complexity index is 534. The van der Waals surface area contributed by atoms with E-state index in [0.717, 1.165) is 43.4 Å². The highest BCUT2D eigenvalue weighted by Crippen LogP contribution is 2.20. The fourth-order valence-corrected chi connectivity index (χ4v) is 3.46. The second-order valence-corrected chi connectivity index (χ2v) is 6.98. The van der Waals surface area contributed by atoms with Gasteiger partial charge in [0.05, 0.1) is 6.54 Å². The van der Waals surface area contributed by atoms with Gasteiger partial charge in [0.15, 0.2) is 5.96 Å². The molecule has 0 aromatic carbocycles. The van der Waals surface area contributed by atoms with E-state index < -0.39 is 0 Å². The summed E-state index contributed by atoms with van der Waals surface area (Å²) in [5.74, 6) is 1.02. The maximum Gasteiger partial charge on any atom is 0.217 e. The Morgan fingerprint density at radius 3 is 3.00 bits per heavy atom. The lowest BCUT2D eigenvalue weighted by Crippen LogP contribution is -2.47. The van der Waals surface area contributed by atoms with Crippen LogP contribution in [-0.4, -0.2) is 41.4 Å². The Morgan fingerprint density at radius 1 is 1.61 bits per heavy atom. The van der Waals surface area contributed by atoms with Gasteiger partial charge >= 0.3 is 0 Å². The number of carbonyl (C=O) groups excluding carboxylic acids is 1. The topological polar surface area (TPSA) is 83.6 Å². The van der Waals surface area contributed by atoms with Crippen LogP contribution in [0.2, 0.25) is 0 Å². The lowest BCUT2D eigenvalue weighted by molar-refractivity contribution is -0.119. The number of nitrogens with two attached hydrogens (primary N) is 1. The van der Waals surface area contributed by atoms with Crippen LogP contribution in [0.15, 0.2) is 11.2 Å². The SMILES string of the molecule is CCNC(=NCc1ncc(C)s1)N1CCCC(CC(N)=O)C1.I. The number of likely N-dealkylation sites (tertiary alicyclic amines) is 1. The zero-order chi connectivity index (χ0) is 15.9. The van der Waals surface area contributed by atoms with Gasteiger partial charge in [0.2, 0.25) is 5.91 Å². The summed E-state index contributed by atoms with van der Waals surface area (Å²) in [4.78, 5) is 23.6. The minimum atomic E-state index is -0.216. The lowest BCUT2D eigenvalue weighted by atomic mass is 9.95. The van der Waals surface area contributed by atoms with Gasteiger partial charge in [-0.05, 0) is 32.6 Å². The Hall–Kier alpha value is -0.900. The van der Waals surface area contributed by atoms with Crippen molar-refractivity contribution in [2.75, 3.05) is 19.6 Å². The molecule has 0 saturated carbocycles. The number of aliphatic imine (C=N–C) groups is 1. The first-order valence-electron chi connectivity index (χ1n) is 7.81. The summed E-state index contributed by atoms with van der Waals surface area (Å²) in [6.07, 6.45) is 4.47. The normalized spacial score (nSPS) is 18.4. The van der Waals surface area contributed by atoms with Gasteiger partial charge in [0, 0.05) is 37.1 Å². The van der Waals surface area contributed by atoms with E-state index in [0.29, 0.717) is 18.9 Å². The van der Waals surface area contributed by atoms with Gasteiger partial charge in [-0.1, -0.05) is 0 Å². The number of hydrogen-bond donors (Lipinski definition) is 2. The molecule has 2 heterocycles. The third-order valence-electron chi connectivity index (χ3n) is 3.68. The predicted octanol–water partition coefficient (Wildman–Crippen LogP) is 2.12. The zero-order valence-corrected chi connectivity index (χ0v) is 16.9. The summed E-state index contributed by atoms with van der Waals surface area (Å²) in [7, 11) is 0. The van der Waals surface area contributed by atoms with E-state index in [1.807, 2.05) is 6.20 Å². The third-order valence-corrected chi connectivity index (χ3v) is 4.57. The first-order valence-corrected chi connectivity index (χ1v) is 8.63. The molecule has 1 aromatic rings. The third kappa shape index (κ3) is 6.62. The second kappa shape index (κ2) is 10.1. The summed E-state index contributed by atoms with van der Waals surface area (Å²) in [6.45, 7) is 7.34. The number of halogens is 1. The molecule has 3 N–H and O–H groups in total. The first kappa shape index (κ1) is 20.1. The lowest BCUT2D eigenvalue weighted by Gasteiger charge is -2.34. The maximum atomic E-state index is 11.1. The number of nitrogens with zero attached hydrogens (tertiary/aromatic N) is 3. The monoisotopic (exact) mass is 451 g/mol. The van der Waals surface area contributed by atoms with E-state index >= 15 is 0 Å². The van der Waals surface area contributed by atoms with Crippen molar-refractivity contribution in [1.82, 2.24) is 15.2 Å². The molecular formula is C15H26IN5OS. The Morgan fingerprint density at radius 2 is 2.39 bits per heavy atom. The second-order valence-electron chi connectivity index (χ2n) is 5.66. The fraction of sp³-hybridized carbons (Fsp3) is 0.667. The van der Waals surface area contributed by atoms with E-state index in [1.165, 1.54) is 4.88 Å². The molecule has 130 valence electrons. The Kier molecular flexibility index (Phi) is 8.82. The Labute approximate surface area is 159 Å². The van der Waals surface area contributed by atoms with Crippen LogP contribution in [0.3, 0.4) is 0 Å². The average Bonchev–Trinajstić information content (AvgIpc) is 2.88. The molecule has 0 spiro atoms. The van der Waals surface area contributed by atoms with Crippen LogP contribution in [0.1, 0.15) is 36.1 Å². The molecule has 1 aliphatic rings. The fourth-order valence-electron chi connectivity index (χ4n) is 2.75. The van der Waals surface area contributed by atoms with Crippen molar-refractivity contribution in [3.8, 4) is 0 Å². The summed E-state index contributed by atoms with van der Waals surface area (Å²) < 4.78 is 0. The predicted molar refractivity (Wildman–Crippen MR) is 105 cm³/mol. The molecule has 1 atom stereocenters. The number of amides is 1. The van der Waals surface area contributed by atoms with Crippen molar-refractivity contribution in [3.05, 3.63) is 16.1 Å². The number of hydrogen-bond acceptors (Lipinski definition) is 4. The molecule has 1 aliphatic heterocycles. The van der Waals surface area contributed by atoms with Crippen LogP contribution in [0.4, 0.5) is 0 Å². The summed E-state index contributed by atoms with van der Waals surface area (Å²) in [5.41, 5.74) is 5.33. The molecule has 1 fully saturated rings. The van der Waals surface area contributed by atoms with Crippen molar-refractivity contribution in [2.45, 2.75) is 39.7 Å². The molecule has 0 radical (unpaired) electrons. The molecule has 1 unspecified atom stereocenters. The number of nitrogens with one attached hydrogen (secondary N) is 1. The van der Waals surface area contributed by atoms with Crippen LogP contribution >= 0.6 is 35.3 Å². The molecule has 23 heavy (non-hydrogen) atoms. The molecule has 2 rings (SSSR count). The number of carbonyl (C=O) groups is 1. The minimum absolute atomic E-state index is 0. The standard InChI is InChI=1S/C15H25N5OS.HI/c1-3-17-15(19-9-14-18-8-11(2)22-14)20-6-4-5-12(10-20)7-13(16)21;/h8,12H,3-7,9-10H2,1-2H3,(H2,16,21)(H,17,19);1H. The van der Waals surface area contributed by atoms with Crippen molar-refractivity contribution in [1.29, 1.82) is 0 Å². The van der Waals surface area contributed by atoms with Gasteiger partial charge in [0.25, 0.3) is 0 Å². The highest BCUT2D eigenvalue weighted by molar-refractivity contribution is 14.0. The van der Waals surface area contributed by atoms with Crippen molar-refractivity contribution in [2.24, 2.45) is 16.6 Å². The Balaban J connectivity index is 0.00000264. The molecule has 0 bridgehead atoms. The van der Waals surface area contributed by atoms with Crippen LogP contribution in [0, 0.1) is 12.8 Å². The van der Waals surface area contributed by atoms with Gasteiger partial charge < -0.3 is 16.0 Å². The number of aryl methyl sites for hydroxylation is 1. The molecule has 8 heteroatoms. The smallest absolute Gasteiger partial charge is 0.217 e. The quantitative estimate of drug-likeness (QED) is 0.408. The van der Waals surface area contributed by atoms with Gasteiger partial charge in [-0.3, -0.25) is 4.79 Å². The maximum absolute atomic E-state index is 11.1. The van der Waals surface area contributed by atoms with Crippen LogP contribution < -0.4 is 11.1 Å². The van der Waals surface area contributed by atoms with Gasteiger partial charge in [-0.2, -0.15) is 0 Å². The molecule has 1 amide bonds. The number of rotatable bonds is 5. The van der Waals surface area contributed by atoms with E-state index in [9.17, 15) is 4.79 Å². The average molecular weight is 451 g/mol. The van der Waals surface area contributed by atoms with Crippen LogP contribution in [0.5, 0.6) is 0 Å². The van der Waals surface area contributed by atoms with Gasteiger partial charge in [-0.25, -0.2) is 9.98 Å². The first-order chi connectivity index (χ1) is 10.6. The van der Waals surface area contributed by atoms with Crippen molar-refractivity contribution in [3.63, 3.8) is 0 Å². The number of aromatic nitrogens is 1. The summed E-state index contributed by atoms with van der Waals surface area (Å²) >= 11 is 1.68. The minimum Gasteiger partial charge on any atom is -0.370 e. The zero-order valence-electron chi connectivity index (χ0n) is 13.7. The van der Waals surface area contributed by atoms with Crippen molar-refractivity contribution >= 4 is 47.2 Å². The van der Waals surface area contributed by atoms with Crippen molar-refractivity contribution < 1.29 is 4.79 Å². The van der Waals surface area contributed by atoms with E-state index in [2.05, 4.69) is 29.0 Å². The number of primary amides is 1. The summed E-state index contributed by atoms with van der Waals surface area (Å²) in [5, 5.41) is 4.37. The molecular weight excluding hydrogens is 425 g/mol. The number of guanidine groups is 1. The number of piperidine rings is 1. The van der Waals surface area contributed by atoms with Crippen LogP contribution in [0.25, 0.3) is 0 Å². The summed E-state index contributed by atoms with van der Waals surface area (Å²) in [6, 6.07) is 0. The van der Waals surface area contributed by atoms with Gasteiger partial charge in [0.1, 0.15) is 5.01 Å². The van der Waals surface area contributed by atoms with Crippen LogP contribution in [-0.2, 0) is 11.3 Å². The highest BCUT2D eigenvalue weighted by Gasteiger charge is 2.23. The largest absolute Gasteiger partial charge is 0.370 e. The van der Waals surface area contributed by atoms with E-state index in [4.69, 9.17) is 10.7 Å².